The van der Waals surface area contributed by atoms with Crippen LogP contribution in [0.4, 0.5) is 0 Å². The second-order valence-electron chi connectivity index (χ2n) is 3.33. The lowest BCUT2D eigenvalue weighted by atomic mass is 9.83. The summed E-state index contributed by atoms with van der Waals surface area (Å²) in [5.74, 6) is 0.766. The number of nitrogens with one attached hydrogen (secondary N) is 1. The molecule has 0 radical (unpaired) electrons. The molecule has 0 aromatic rings. The highest BCUT2D eigenvalue weighted by atomic mass is 14.9. The predicted molar refractivity (Wildman–Crippen MR) is 47.2 cm³/mol. The van der Waals surface area contributed by atoms with Gasteiger partial charge in [-0.2, -0.15) is 0 Å². The summed E-state index contributed by atoms with van der Waals surface area (Å²) in [5.41, 5.74) is 0.342. The smallest absolute Gasteiger partial charge is 0.0173 e. The van der Waals surface area contributed by atoms with Gasteiger partial charge in [-0.05, 0) is 26.3 Å². The lowest BCUT2D eigenvalue weighted by Gasteiger charge is -2.34. The van der Waals surface area contributed by atoms with Crippen LogP contribution in [0.2, 0.25) is 0 Å². The Morgan fingerprint density at radius 1 is 1.40 bits per heavy atom. The first kappa shape index (κ1) is 9.96. The van der Waals surface area contributed by atoms with Crippen LogP contribution in [0.5, 0.6) is 0 Å². The zero-order valence-corrected chi connectivity index (χ0v) is 7.99. The van der Waals surface area contributed by atoms with Crippen molar-refractivity contribution in [2.24, 2.45) is 5.92 Å². The third-order valence-corrected chi connectivity index (χ3v) is 3.01. The highest BCUT2D eigenvalue weighted by molar-refractivity contribution is 4.84. The molecule has 0 rings (SSSR count). The van der Waals surface area contributed by atoms with Gasteiger partial charge < -0.3 is 5.32 Å². The van der Waals surface area contributed by atoms with Crippen LogP contribution in [0.15, 0.2) is 0 Å². The fourth-order valence-electron chi connectivity index (χ4n) is 1.22. The molecule has 0 aromatic carbocycles. The van der Waals surface area contributed by atoms with Crippen LogP contribution in [-0.4, -0.2) is 12.6 Å². The average molecular weight is 143 g/mol. The van der Waals surface area contributed by atoms with Crippen molar-refractivity contribution >= 4 is 0 Å². The molecule has 0 bridgehead atoms. The first-order chi connectivity index (χ1) is 4.60. The predicted octanol–water partition coefficient (Wildman–Crippen LogP) is 2.42. The van der Waals surface area contributed by atoms with Crippen molar-refractivity contribution in [3.63, 3.8) is 0 Å². The quantitative estimate of drug-likeness (QED) is 0.637. The third-order valence-electron chi connectivity index (χ3n) is 3.01. The molecule has 1 heteroatoms. The molecule has 0 aromatic heterocycles. The zero-order valence-electron chi connectivity index (χ0n) is 7.99. The molecule has 2 unspecified atom stereocenters. The molecule has 0 spiro atoms. The van der Waals surface area contributed by atoms with Crippen LogP contribution >= 0.6 is 0 Å². The molecule has 0 heterocycles. The highest BCUT2D eigenvalue weighted by Crippen LogP contribution is 2.22. The van der Waals surface area contributed by atoms with Crippen molar-refractivity contribution in [3.8, 4) is 0 Å². The Kier molecular flexibility index (Phi) is 3.95. The van der Waals surface area contributed by atoms with Crippen LogP contribution in [-0.2, 0) is 0 Å². The van der Waals surface area contributed by atoms with Crippen LogP contribution in [0, 0.1) is 5.92 Å². The van der Waals surface area contributed by atoms with Gasteiger partial charge in [-0.25, -0.2) is 0 Å². The van der Waals surface area contributed by atoms with Crippen molar-refractivity contribution in [1.29, 1.82) is 0 Å². The summed E-state index contributed by atoms with van der Waals surface area (Å²) < 4.78 is 0. The minimum absolute atomic E-state index is 0.342. The van der Waals surface area contributed by atoms with E-state index < -0.39 is 0 Å². The SMILES string of the molecule is CCC(C)C(C)(CC)NC. The summed E-state index contributed by atoms with van der Waals surface area (Å²) >= 11 is 0. The van der Waals surface area contributed by atoms with Crippen molar-refractivity contribution in [1.82, 2.24) is 5.32 Å². The van der Waals surface area contributed by atoms with Gasteiger partial charge in [0.1, 0.15) is 0 Å². The molecule has 2 atom stereocenters. The van der Waals surface area contributed by atoms with E-state index >= 15 is 0 Å². The zero-order chi connectivity index (χ0) is 8.20. The molecular formula is C9H21N. The maximum Gasteiger partial charge on any atom is 0.0173 e. The molecule has 1 N–H and O–H groups in total. The first-order valence-corrected chi connectivity index (χ1v) is 4.29. The maximum absolute atomic E-state index is 3.38. The number of hydrogen-bond acceptors (Lipinski definition) is 1. The standard InChI is InChI=1S/C9H21N/c1-6-8(3)9(4,7-2)10-5/h8,10H,6-7H2,1-5H3. The van der Waals surface area contributed by atoms with Gasteiger partial charge in [0.25, 0.3) is 0 Å². The number of rotatable bonds is 4. The second-order valence-corrected chi connectivity index (χ2v) is 3.33. The van der Waals surface area contributed by atoms with E-state index in [1.165, 1.54) is 12.8 Å². The topological polar surface area (TPSA) is 12.0 Å². The van der Waals surface area contributed by atoms with Crippen LogP contribution in [0.25, 0.3) is 0 Å². The second kappa shape index (κ2) is 3.97. The molecule has 0 saturated heterocycles. The Labute approximate surface area is 65.2 Å². The Balaban J connectivity index is 4.02. The van der Waals surface area contributed by atoms with Crippen LogP contribution in [0.3, 0.4) is 0 Å². The lowest BCUT2D eigenvalue weighted by Crippen LogP contribution is -2.44. The van der Waals surface area contributed by atoms with E-state index in [1.54, 1.807) is 0 Å². The fraction of sp³-hybridized carbons (Fsp3) is 1.00. The molecule has 0 aliphatic carbocycles. The molecule has 0 aliphatic rings. The molecule has 0 amide bonds. The maximum atomic E-state index is 3.38. The van der Waals surface area contributed by atoms with Crippen molar-refractivity contribution < 1.29 is 0 Å². The largest absolute Gasteiger partial charge is 0.314 e. The highest BCUT2D eigenvalue weighted by Gasteiger charge is 2.25. The Morgan fingerprint density at radius 2 is 1.90 bits per heavy atom. The molecular weight excluding hydrogens is 122 g/mol. The summed E-state index contributed by atoms with van der Waals surface area (Å²) in [6, 6.07) is 0. The first-order valence-electron chi connectivity index (χ1n) is 4.29. The van der Waals surface area contributed by atoms with E-state index in [4.69, 9.17) is 0 Å². The van der Waals surface area contributed by atoms with Gasteiger partial charge >= 0.3 is 0 Å². The minimum atomic E-state index is 0.342. The van der Waals surface area contributed by atoms with Crippen LogP contribution < -0.4 is 5.32 Å². The summed E-state index contributed by atoms with van der Waals surface area (Å²) in [5, 5.41) is 3.38. The van der Waals surface area contributed by atoms with Gasteiger partial charge in [-0.15, -0.1) is 0 Å². The molecule has 0 fully saturated rings. The van der Waals surface area contributed by atoms with E-state index in [-0.39, 0.29) is 0 Å². The summed E-state index contributed by atoms with van der Waals surface area (Å²) in [4.78, 5) is 0. The Bertz CT molecular complexity index is 84.7. The van der Waals surface area contributed by atoms with Gasteiger partial charge in [0.05, 0.1) is 0 Å². The van der Waals surface area contributed by atoms with Gasteiger partial charge in [-0.3, -0.25) is 0 Å². The van der Waals surface area contributed by atoms with Gasteiger partial charge in [0, 0.05) is 5.54 Å². The molecule has 1 nitrogen and oxygen atoms in total. The lowest BCUT2D eigenvalue weighted by molar-refractivity contribution is 0.247. The van der Waals surface area contributed by atoms with Crippen LogP contribution in [0.1, 0.15) is 40.5 Å². The van der Waals surface area contributed by atoms with Crippen molar-refractivity contribution in [2.45, 2.75) is 46.1 Å². The monoisotopic (exact) mass is 143 g/mol. The average Bonchev–Trinajstić information content (AvgIpc) is 2.01. The summed E-state index contributed by atoms with van der Waals surface area (Å²) in [7, 11) is 2.05. The third kappa shape index (κ3) is 1.98. The van der Waals surface area contributed by atoms with E-state index in [9.17, 15) is 0 Å². The van der Waals surface area contributed by atoms with E-state index in [0.29, 0.717) is 5.54 Å². The normalized spacial score (nSPS) is 20.1. The summed E-state index contributed by atoms with van der Waals surface area (Å²) in [6.45, 7) is 9.08. The van der Waals surface area contributed by atoms with Gasteiger partial charge in [0.15, 0.2) is 0 Å². The van der Waals surface area contributed by atoms with Gasteiger partial charge in [-0.1, -0.05) is 27.2 Å². The van der Waals surface area contributed by atoms with E-state index in [2.05, 4.69) is 40.1 Å². The van der Waals surface area contributed by atoms with E-state index in [0.717, 1.165) is 5.92 Å². The molecule has 10 heavy (non-hydrogen) atoms. The summed E-state index contributed by atoms with van der Waals surface area (Å²) in [6.07, 6.45) is 2.46. The number of hydrogen-bond donors (Lipinski definition) is 1. The molecule has 0 aliphatic heterocycles. The fourth-order valence-corrected chi connectivity index (χ4v) is 1.22. The van der Waals surface area contributed by atoms with E-state index in [1.807, 2.05) is 0 Å². The Morgan fingerprint density at radius 3 is 2.00 bits per heavy atom. The minimum Gasteiger partial charge on any atom is -0.314 e. The van der Waals surface area contributed by atoms with Crippen molar-refractivity contribution in [3.05, 3.63) is 0 Å². The van der Waals surface area contributed by atoms with Gasteiger partial charge in [0.2, 0.25) is 0 Å². The van der Waals surface area contributed by atoms with Crippen molar-refractivity contribution in [2.75, 3.05) is 7.05 Å². The molecule has 62 valence electrons. The Hall–Kier alpha value is -0.0400. The molecule has 0 saturated carbocycles.